The molecule has 0 aromatic heterocycles. The number of hydrogen-bond acceptors (Lipinski definition) is 7. The van der Waals surface area contributed by atoms with Crippen LogP contribution in [-0.4, -0.2) is 79.2 Å². The van der Waals surface area contributed by atoms with Gasteiger partial charge in [0.05, 0.1) is 19.3 Å². The summed E-state index contributed by atoms with van der Waals surface area (Å²) in [7, 11) is 3.70. The van der Waals surface area contributed by atoms with Gasteiger partial charge in [0.15, 0.2) is 0 Å². The van der Waals surface area contributed by atoms with Crippen LogP contribution in [0.2, 0.25) is 0 Å². The van der Waals surface area contributed by atoms with Gasteiger partial charge in [-0.25, -0.2) is 9.40 Å². The number of hydrogen-bond donors (Lipinski definition) is 2. The number of nitrogens with one attached hydrogen (secondary N) is 1. The van der Waals surface area contributed by atoms with E-state index in [1.807, 2.05) is 37.0 Å². The number of aldehydes is 1. The lowest BCUT2D eigenvalue weighted by Crippen LogP contribution is -2.55. The molecule has 39 heavy (non-hydrogen) atoms. The van der Waals surface area contributed by atoms with Gasteiger partial charge in [0.1, 0.15) is 12.1 Å². The predicted molar refractivity (Wildman–Crippen MR) is 163 cm³/mol. The Morgan fingerprint density at radius 1 is 1.05 bits per heavy atom. The highest BCUT2D eigenvalue weighted by Gasteiger charge is 2.22. The highest BCUT2D eigenvalue weighted by molar-refractivity contribution is 7.98. The average Bonchev–Trinajstić information content (AvgIpc) is 2.90. The van der Waals surface area contributed by atoms with Gasteiger partial charge < -0.3 is 20.3 Å². The molecule has 0 heterocycles. The molecule has 3 N–H and O–H groups in total. The fourth-order valence-electron chi connectivity index (χ4n) is 3.17. The lowest BCUT2D eigenvalue weighted by atomic mass is 10.2. The number of carbonyl (C=O) groups is 2. The summed E-state index contributed by atoms with van der Waals surface area (Å²) >= 11 is 1.84. The van der Waals surface area contributed by atoms with Crippen molar-refractivity contribution >= 4 is 24.0 Å². The number of likely N-dealkylation sites (N-methyl/N-ethyl adjacent to an activating group) is 2. The van der Waals surface area contributed by atoms with E-state index in [1.54, 1.807) is 24.2 Å². The summed E-state index contributed by atoms with van der Waals surface area (Å²) in [6.45, 7) is 14.3. The monoisotopic (exact) mass is 561 g/mol. The topological polar surface area (TPSA) is 81.9 Å². The van der Waals surface area contributed by atoms with Crippen molar-refractivity contribution < 1.29 is 14.0 Å². The third-order valence-corrected chi connectivity index (χ3v) is 6.07. The van der Waals surface area contributed by atoms with Gasteiger partial charge in [0.25, 0.3) is 0 Å². The molecule has 0 saturated carbocycles. The molecule has 0 fully saturated rings. The molecule has 1 atom stereocenters. The van der Waals surface area contributed by atoms with Crippen LogP contribution in [0.25, 0.3) is 0 Å². The standard InChI is InChI=1S/C24H34FN5O2S.C4H10.C2H4/c1-28(13-15-33-19-21-6-4-3-5-7-21)17-23(26)30(12-14-31)24(32)18-29(2)27-16-20-8-10-22(25)11-9-20;1-4(2)3;1-2/h3-11,14,23,27H,12-13,15-19,26H2,1-2H3;4H,1-3H3;1-2H2. The lowest BCUT2D eigenvalue weighted by Gasteiger charge is -2.32. The molecule has 0 bridgehead atoms. The zero-order valence-corrected chi connectivity index (χ0v) is 25.1. The summed E-state index contributed by atoms with van der Waals surface area (Å²) in [4.78, 5) is 27.4. The van der Waals surface area contributed by atoms with Gasteiger partial charge in [-0.05, 0) is 36.2 Å². The Kier molecular flexibility index (Phi) is 20.8. The quantitative estimate of drug-likeness (QED) is 0.110. The first-order valence-electron chi connectivity index (χ1n) is 13.1. The molecule has 9 heteroatoms. The van der Waals surface area contributed by atoms with Gasteiger partial charge in [0, 0.05) is 38.2 Å². The minimum Gasteiger partial charge on any atom is -0.318 e. The van der Waals surface area contributed by atoms with E-state index in [9.17, 15) is 14.0 Å². The Hall–Kier alpha value is -2.56. The number of benzene rings is 2. The molecule has 218 valence electrons. The number of thioether (sulfide) groups is 1. The second-order valence-electron chi connectivity index (χ2n) is 9.63. The maximum absolute atomic E-state index is 13.0. The van der Waals surface area contributed by atoms with Crippen molar-refractivity contribution in [3.63, 3.8) is 0 Å². The predicted octanol–water partition coefficient (Wildman–Crippen LogP) is 4.40. The number of carbonyl (C=O) groups excluding carboxylic acids is 2. The average molecular weight is 562 g/mol. The third-order valence-electron chi connectivity index (χ3n) is 5.06. The molecule has 1 unspecified atom stereocenters. The normalized spacial score (nSPS) is 11.3. The molecule has 2 aromatic rings. The maximum atomic E-state index is 13.0. The minimum absolute atomic E-state index is 0.0532. The zero-order valence-electron chi connectivity index (χ0n) is 24.3. The number of hydrazine groups is 1. The molecule has 0 saturated heterocycles. The van der Waals surface area contributed by atoms with Crippen molar-refractivity contribution in [2.75, 3.05) is 46.0 Å². The van der Waals surface area contributed by atoms with Crippen LogP contribution < -0.4 is 11.2 Å². The van der Waals surface area contributed by atoms with E-state index in [-0.39, 0.29) is 24.8 Å². The van der Waals surface area contributed by atoms with Crippen LogP contribution >= 0.6 is 11.8 Å². The molecule has 0 aliphatic heterocycles. The Labute approximate surface area is 239 Å². The highest BCUT2D eigenvalue weighted by atomic mass is 32.2. The van der Waals surface area contributed by atoms with Gasteiger partial charge >= 0.3 is 0 Å². The van der Waals surface area contributed by atoms with Crippen LogP contribution in [0, 0.1) is 11.7 Å². The minimum atomic E-state index is -0.586. The number of nitrogens with two attached hydrogens (primary N) is 1. The summed E-state index contributed by atoms with van der Waals surface area (Å²) in [5, 5.41) is 1.64. The van der Waals surface area contributed by atoms with Crippen LogP contribution in [0.4, 0.5) is 4.39 Å². The summed E-state index contributed by atoms with van der Waals surface area (Å²) in [5.74, 6) is 2.19. The van der Waals surface area contributed by atoms with Crippen LogP contribution in [0.1, 0.15) is 31.9 Å². The summed E-state index contributed by atoms with van der Waals surface area (Å²) < 4.78 is 13.0. The van der Waals surface area contributed by atoms with Crippen LogP contribution in [0.15, 0.2) is 67.8 Å². The van der Waals surface area contributed by atoms with E-state index in [2.05, 4.69) is 56.4 Å². The first-order chi connectivity index (χ1) is 18.6. The van der Waals surface area contributed by atoms with Crippen molar-refractivity contribution in [1.82, 2.24) is 20.2 Å². The molecule has 1 amide bonds. The van der Waals surface area contributed by atoms with Crippen molar-refractivity contribution in [2.24, 2.45) is 11.7 Å². The Morgan fingerprint density at radius 3 is 2.21 bits per heavy atom. The number of nitrogens with zero attached hydrogens (tertiary/aromatic N) is 3. The highest BCUT2D eigenvalue weighted by Crippen LogP contribution is 2.11. The Bertz CT molecular complexity index is 899. The molecule has 2 aromatic carbocycles. The smallest absolute Gasteiger partial charge is 0.239 e. The molecular weight excluding hydrogens is 513 g/mol. The molecule has 7 nitrogen and oxygen atoms in total. The van der Waals surface area contributed by atoms with Crippen molar-refractivity contribution in [1.29, 1.82) is 0 Å². The van der Waals surface area contributed by atoms with Gasteiger partial charge in [-0.2, -0.15) is 11.8 Å². The molecule has 0 aliphatic rings. The second kappa shape index (κ2) is 22.3. The van der Waals surface area contributed by atoms with E-state index in [1.165, 1.54) is 22.6 Å². The van der Waals surface area contributed by atoms with Gasteiger partial charge in [-0.3, -0.25) is 10.2 Å². The zero-order chi connectivity index (χ0) is 29.6. The Balaban J connectivity index is 0.00000220. The van der Waals surface area contributed by atoms with Crippen molar-refractivity contribution in [3.8, 4) is 0 Å². The van der Waals surface area contributed by atoms with E-state index in [4.69, 9.17) is 5.73 Å². The first-order valence-corrected chi connectivity index (χ1v) is 14.3. The SMILES string of the molecule is C=C.CC(C)C.CN(CCSCc1ccccc1)CC(N)N(CC=O)C(=O)CN(C)NCc1ccc(F)cc1. The summed E-state index contributed by atoms with van der Waals surface area (Å²) in [6.07, 6.45) is 0.108. The second-order valence-corrected chi connectivity index (χ2v) is 10.7. The van der Waals surface area contributed by atoms with E-state index in [0.717, 1.165) is 29.5 Å². The summed E-state index contributed by atoms with van der Waals surface area (Å²) in [5.41, 5.74) is 11.6. The molecule has 2 rings (SSSR count). The van der Waals surface area contributed by atoms with Crippen LogP contribution in [0.5, 0.6) is 0 Å². The van der Waals surface area contributed by atoms with Gasteiger partial charge in [-0.15, -0.1) is 13.2 Å². The fourth-order valence-corrected chi connectivity index (χ4v) is 4.19. The van der Waals surface area contributed by atoms with E-state index < -0.39 is 6.17 Å². The van der Waals surface area contributed by atoms with Crippen molar-refractivity contribution in [3.05, 3.63) is 84.7 Å². The summed E-state index contributed by atoms with van der Waals surface area (Å²) in [6, 6.07) is 16.5. The van der Waals surface area contributed by atoms with Gasteiger partial charge in [-0.1, -0.05) is 63.2 Å². The van der Waals surface area contributed by atoms with Crippen molar-refractivity contribution in [2.45, 2.75) is 39.2 Å². The largest absolute Gasteiger partial charge is 0.318 e. The van der Waals surface area contributed by atoms with E-state index in [0.29, 0.717) is 19.4 Å². The number of amides is 1. The van der Waals surface area contributed by atoms with E-state index >= 15 is 0 Å². The molecule has 0 radical (unpaired) electrons. The number of rotatable bonds is 15. The Morgan fingerprint density at radius 2 is 1.64 bits per heavy atom. The maximum Gasteiger partial charge on any atom is 0.239 e. The molecule has 0 aliphatic carbocycles. The lowest BCUT2D eigenvalue weighted by molar-refractivity contribution is -0.137. The molecular formula is C30H48FN5O2S. The molecule has 0 spiro atoms. The third kappa shape index (κ3) is 18.4. The number of halogens is 1. The van der Waals surface area contributed by atoms with Crippen LogP contribution in [0.3, 0.4) is 0 Å². The first kappa shape index (κ1) is 36.4. The van der Waals surface area contributed by atoms with Gasteiger partial charge in [0.2, 0.25) is 5.91 Å². The van der Waals surface area contributed by atoms with Crippen LogP contribution in [-0.2, 0) is 21.9 Å². The fraction of sp³-hybridized carbons (Fsp3) is 0.467.